The Balaban J connectivity index is 1.58. The molecular formula is C22H30N4O2. The average Bonchev–Trinajstić information content (AvgIpc) is 3.21. The van der Waals surface area contributed by atoms with Crippen LogP contribution in [0.3, 0.4) is 0 Å². The van der Waals surface area contributed by atoms with Crippen LogP contribution in [0.2, 0.25) is 0 Å². The number of aliphatic hydroxyl groups excluding tert-OH is 1. The van der Waals surface area contributed by atoms with Crippen molar-refractivity contribution in [1.29, 1.82) is 0 Å². The SMILES string of the molecule is CCNC(=NCC(O)c1cccc(OC)c1)NC1CCN(c2ccccc2)C1. The van der Waals surface area contributed by atoms with Crippen molar-refractivity contribution in [2.24, 2.45) is 4.99 Å². The number of anilines is 1. The van der Waals surface area contributed by atoms with E-state index in [4.69, 9.17) is 4.74 Å². The molecule has 0 aromatic heterocycles. The molecule has 150 valence electrons. The molecule has 0 bridgehead atoms. The Bertz CT molecular complexity index is 766. The molecule has 1 saturated heterocycles. The fraction of sp³-hybridized carbons (Fsp3) is 0.409. The fourth-order valence-electron chi connectivity index (χ4n) is 3.40. The van der Waals surface area contributed by atoms with Gasteiger partial charge in [-0.3, -0.25) is 4.99 Å². The first-order chi connectivity index (χ1) is 13.7. The van der Waals surface area contributed by atoms with E-state index in [0.29, 0.717) is 6.04 Å². The van der Waals surface area contributed by atoms with E-state index in [9.17, 15) is 5.11 Å². The molecule has 1 fully saturated rings. The summed E-state index contributed by atoms with van der Waals surface area (Å²) in [5.41, 5.74) is 2.05. The summed E-state index contributed by atoms with van der Waals surface area (Å²) in [6.07, 6.45) is 0.382. The normalized spacial score (nSPS) is 18.0. The first-order valence-electron chi connectivity index (χ1n) is 9.86. The van der Waals surface area contributed by atoms with Gasteiger partial charge in [0, 0.05) is 31.4 Å². The highest BCUT2D eigenvalue weighted by Gasteiger charge is 2.23. The highest BCUT2D eigenvalue weighted by atomic mass is 16.5. The summed E-state index contributed by atoms with van der Waals surface area (Å²) in [5, 5.41) is 17.3. The summed E-state index contributed by atoms with van der Waals surface area (Å²) in [6.45, 7) is 5.06. The molecule has 3 rings (SSSR count). The molecule has 1 heterocycles. The van der Waals surface area contributed by atoms with Crippen LogP contribution in [0.4, 0.5) is 5.69 Å². The predicted octanol–water partition coefficient (Wildman–Crippen LogP) is 2.56. The monoisotopic (exact) mass is 382 g/mol. The summed E-state index contributed by atoms with van der Waals surface area (Å²) >= 11 is 0. The van der Waals surface area contributed by atoms with Crippen molar-refractivity contribution in [1.82, 2.24) is 10.6 Å². The molecule has 1 aliphatic rings. The maximum Gasteiger partial charge on any atom is 0.191 e. The van der Waals surface area contributed by atoms with Crippen LogP contribution in [-0.4, -0.2) is 50.4 Å². The van der Waals surface area contributed by atoms with Gasteiger partial charge in [-0.25, -0.2) is 0 Å². The number of benzene rings is 2. The zero-order valence-electron chi connectivity index (χ0n) is 16.6. The summed E-state index contributed by atoms with van der Waals surface area (Å²) in [4.78, 5) is 6.97. The standard InChI is InChI=1S/C22H30N4O2/c1-3-23-22(24-15-21(27)17-8-7-11-20(14-17)28-2)25-18-12-13-26(16-18)19-9-5-4-6-10-19/h4-11,14,18,21,27H,3,12-13,15-16H2,1-2H3,(H2,23,24,25). The lowest BCUT2D eigenvalue weighted by Crippen LogP contribution is -2.44. The summed E-state index contributed by atoms with van der Waals surface area (Å²) in [7, 11) is 1.62. The lowest BCUT2D eigenvalue weighted by molar-refractivity contribution is 0.186. The topological polar surface area (TPSA) is 69.1 Å². The van der Waals surface area contributed by atoms with Crippen molar-refractivity contribution >= 4 is 11.6 Å². The van der Waals surface area contributed by atoms with Gasteiger partial charge < -0.3 is 25.4 Å². The molecule has 0 amide bonds. The van der Waals surface area contributed by atoms with Gasteiger partial charge >= 0.3 is 0 Å². The van der Waals surface area contributed by atoms with Crippen molar-refractivity contribution in [3.8, 4) is 5.75 Å². The minimum absolute atomic E-state index is 0.289. The van der Waals surface area contributed by atoms with Crippen molar-refractivity contribution in [3.05, 3.63) is 60.2 Å². The number of nitrogens with zero attached hydrogens (tertiary/aromatic N) is 2. The average molecular weight is 383 g/mol. The Hall–Kier alpha value is -2.73. The van der Waals surface area contributed by atoms with Gasteiger partial charge in [0.15, 0.2) is 5.96 Å². The van der Waals surface area contributed by atoms with Crippen molar-refractivity contribution < 1.29 is 9.84 Å². The second-order valence-corrected chi connectivity index (χ2v) is 6.92. The van der Waals surface area contributed by atoms with Gasteiger partial charge in [0.1, 0.15) is 5.75 Å². The lowest BCUT2D eigenvalue weighted by atomic mass is 10.1. The summed E-state index contributed by atoms with van der Waals surface area (Å²) < 4.78 is 5.23. The summed E-state index contributed by atoms with van der Waals surface area (Å²) in [5.74, 6) is 1.47. The minimum atomic E-state index is -0.671. The largest absolute Gasteiger partial charge is 0.497 e. The van der Waals surface area contributed by atoms with E-state index < -0.39 is 6.10 Å². The van der Waals surface area contributed by atoms with Gasteiger partial charge in [0.25, 0.3) is 0 Å². The number of hydrogen-bond acceptors (Lipinski definition) is 4. The number of guanidine groups is 1. The maximum atomic E-state index is 10.5. The first-order valence-corrected chi connectivity index (χ1v) is 9.86. The van der Waals surface area contributed by atoms with E-state index in [1.54, 1.807) is 7.11 Å². The molecule has 2 unspecified atom stereocenters. The number of nitrogens with one attached hydrogen (secondary N) is 2. The minimum Gasteiger partial charge on any atom is -0.497 e. The van der Waals surface area contributed by atoms with Crippen molar-refractivity contribution in [3.63, 3.8) is 0 Å². The smallest absolute Gasteiger partial charge is 0.191 e. The second kappa shape index (κ2) is 9.99. The Morgan fingerprint density at radius 3 is 2.82 bits per heavy atom. The van der Waals surface area contributed by atoms with Crippen LogP contribution in [0.15, 0.2) is 59.6 Å². The zero-order valence-corrected chi connectivity index (χ0v) is 16.6. The van der Waals surface area contributed by atoms with E-state index in [1.807, 2.05) is 37.3 Å². The highest BCUT2D eigenvalue weighted by Crippen LogP contribution is 2.20. The van der Waals surface area contributed by atoms with Crippen LogP contribution in [-0.2, 0) is 0 Å². The number of aliphatic hydroxyl groups is 1. The quantitative estimate of drug-likeness (QED) is 0.507. The van der Waals surface area contributed by atoms with Gasteiger partial charge in [-0.15, -0.1) is 0 Å². The van der Waals surface area contributed by atoms with Gasteiger partial charge in [-0.2, -0.15) is 0 Å². The molecule has 0 aliphatic carbocycles. The number of para-hydroxylation sites is 1. The molecule has 3 N–H and O–H groups in total. The zero-order chi connectivity index (χ0) is 19.8. The van der Waals surface area contributed by atoms with Crippen LogP contribution >= 0.6 is 0 Å². The molecule has 6 heteroatoms. The Morgan fingerprint density at radius 2 is 2.07 bits per heavy atom. The van der Waals surface area contributed by atoms with Gasteiger partial charge in [0.2, 0.25) is 0 Å². The van der Waals surface area contributed by atoms with Crippen molar-refractivity contribution in [2.75, 3.05) is 38.2 Å². The van der Waals surface area contributed by atoms with Crippen LogP contribution in [0.1, 0.15) is 25.0 Å². The molecule has 0 spiro atoms. The van der Waals surface area contributed by atoms with Gasteiger partial charge in [0.05, 0.1) is 19.8 Å². The number of aliphatic imine (C=N–C) groups is 1. The third-order valence-electron chi connectivity index (χ3n) is 4.90. The molecule has 2 aromatic rings. The van der Waals surface area contributed by atoms with Crippen molar-refractivity contribution in [2.45, 2.75) is 25.5 Å². The van der Waals surface area contributed by atoms with Crippen LogP contribution in [0.25, 0.3) is 0 Å². The van der Waals surface area contributed by atoms with Crippen LogP contribution < -0.4 is 20.3 Å². The Labute approximate surface area is 167 Å². The third-order valence-corrected chi connectivity index (χ3v) is 4.90. The maximum absolute atomic E-state index is 10.5. The van der Waals surface area contributed by atoms with Crippen LogP contribution in [0, 0.1) is 0 Å². The van der Waals surface area contributed by atoms with E-state index in [-0.39, 0.29) is 6.54 Å². The number of hydrogen-bond donors (Lipinski definition) is 3. The van der Waals surface area contributed by atoms with E-state index in [1.165, 1.54) is 5.69 Å². The van der Waals surface area contributed by atoms with Crippen LogP contribution in [0.5, 0.6) is 5.75 Å². The molecule has 2 atom stereocenters. The predicted molar refractivity (Wildman–Crippen MR) is 114 cm³/mol. The molecule has 28 heavy (non-hydrogen) atoms. The molecular weight excluding hydrogens is 352 g/mol. The first kappa shape index (κ1) is 20.0. The van der Waals surface area contributed by atoms with Gasteiger partial charge in [-0.05, 0) is 43.2 Å². The number of methoxy groups -OCH3 is 1. The molecule has 1 aliphatic heterocycles. The van der Waals surface area contributed by atoms with Gasteiger partial charge in [-0.1, -0.05) is 30.3 Å². The van der Waals surface area contributed by atoms with E-state index in [0.717, 1.165) is 43.3 Å². The third kappa shape index (κ3) is 5.39. The highest BCUT2D eigenvalue weighted by molar-refractivity contribution is 5.80. The summed E-state index contributed by atoms with van der Waals surface area (Å²) in [6, 6.07) is 18.3. The second-order valence-electron chi connectivity index (χ2n) is 6.92. The van der Waals surface area contributed by atoms with E-state index in [2.05, 4.69) is 44.8 Å². The molecule has 2 aromatic carbocycles. The molecule has 0 radical (unpaired) electrons. The Morgan fingerprint density at radius 1 is 1.25 bits per heavy atom. The fourth-order valence-corrected chi connectivity index (χ4v) is 3.40. The number of ether oxygens (including phenoxy) is 1. The number of rotatable bonds is 7. The molecule has 6 nitrogen and oxygen atoms in total. The lowest BCUT2D eigenvalue weighted by Gasteiger charge is -2.20. The molecule has 0 saturated carbocycles. The Kier molecular flexibility index (Phi) is 7.14. The van der Waals surface area contributed by atoms with E-state index >= 15 is 0 Å².